The monoisotopic (exact) mass is 367 g/mol. The van der Waals surface area contributed by atoms with Crippen LogP contribution in [-0.4, -0.2) is 23.2 Å². The molecule has 0 fully saturated rings. The lowest BCUT2D eigenvalue weighted by Crippen LogP contribution is -2.31. The highest BCUT2D eigenvalue weighted by atomic mass is 35.5. The second-order valence-electron chi connectivity index (χ2n) is 5.88. The second kappa shape index (κ2) is 6.65. The Hall–Kier alpha value is -1.72. The van der Waals surface area contributed by atoms with Crippen LogP contribution in [0.3, 0.4) is 0 Å². The summed E-state index contributed by atoms with van der Waals surface area (Å²) in [6.07, 6.45) is 3.19. The Morgan fingerprint density at radius 1 is 1.38 bits per heavy atom. The van der Waals surface area contributed by atoms with Crippen molar-refractivity contribution in [1.29, 1.82) is 0 Å². The van der Waals surface area contributed by atoms with Crippen LogP contribution in [0.2, 0.25) is 10.2 Å². The SMILES string of the molecule is CCC(C)n1cc(Cl)nc(N2CCc3cc(OC)cc(Cl)c32)c1=O. The Labute approximate surface area is 150 Å². The Bertz CT molecular complexity index is 835. The van der Waals surface area contributed by atoms with Gasteiger partial charge in [0.1, 0.15) is 10.9 Å². The highest BCUT2D eigenvalue weighted by Gasteiger charge is 2.28. The van der Waals surface area contributed by atoms with E-state index in [4.69, 9.17) is 27.9 Å². The van der Waals surface area contributed by atoms with E-state index in [-0.39, 0.29) is 11.6 Å². The number of rotatable bonds is 4. The highest BCUT2D eigenvalue weighted by molar-refractivity contribution is 6.34. The summed E-state index contributed by atoms with van der Waals surface area (Å²) in [5.41, 5.74) is 1.68. The molecule has 0 bridgehead atoms. The molecule has 3 rings (SSSR count). The summed E-state index contributed by atoms with van der Waals surface area (Å²) in [5, 5.41) is 0.834. The predicted octanol–water partition coefficient (Wildman–Crippen LogP) is 4.22. The predicted molar refractivity (Wildman–Crippen MR) is 97.2 cm³/mol. The van der Waals surface area contributed by atoms with Crippen LogP contribution in [0.4, 0.5) is 11.5 Å². The number of nitrogens with zero attached hydrogens (tertiary/aromatic N) is 3. The Balaban J connectivity index is 2.14. The molecule has 5 nitrogen and oxygen atoms in total. The minimum atomic E-state index is -0.159. The molecule has 0 amide bonds. The fourth-order valence-corrected chi connectivity index (χ4v) is 3.48. The number of halogens is 2. The van der Waals surface area contributed by atoms with Gasteiger partial charge >= 0.3 is 0 Å². The lowest BCUT2D eigenvalue weighted by atomic mass is 10.1. The number of benzene rings is 1. The van der Waals surface area contributed by atoms with Crippen molar-refractivity contribution in [2.24, 2.45) is 0 Å². The third kappa shape index (κ3) is 2.87. The van der Waals surface area contributed by atoms with Crippen molar-refractivity contribution >= 4 is 34.7 Å². The normalized spacial score (nSPS) is 14.6. The maximum Gasteiger partial charge on any atom is 0.294 e. The molecule has 0 aliphatic carbocycles. The van der Waals surface area contributed by atoms with Crippen molar-refractivity contribution in [3.8, 4) is 5.75 Å². The molecule has 1 aliphatic rings. The van der Waals surface area contributed by atoms with Crippen molar-refractivity contribution in [3.63, 3.8) is 0 Å². The van der Waals surface area contributed by atoms with Gasteiger partial charge in [-0.3, -0.25) is 4.79 Å². The summed E-state index contributed by atoms with van der Waals surface area (Å²) < 4.78 is 6.90. The zero-order valence-corrected chi connectivity index (χ0v) is 15.4. The van der Waals surface area contributed by atoms with Gasteiger partial charge in [0, 0.05) is 24.8 Å². The molecule has 1 atom stereocenters. The smallest absolute Gasteiger partial charge is 0.294 e. The summed E-state index contributed by atoms with van der Waals surface area (Å²) in [7, 11) is 1.61. The second-order valence-corrected chi connectivity index (χ2v) is 6.67. The van der Waals surface area contributed by atoms with Gasteiger partial charge in [0.25, 0.3) is 5.56 Å². The summed E-state index contributed by atoms with van der Waals surface area (Å²) in [6, 6.07) is 3.74. The molecule has 1 unspecified atom stereocenters. The Kier molecular flexibility index (Phi) is 4.74. The third-order valence-corrected chi connectivity index (χ3v) is 4.90. The average Bonchev–Trinajstić information content (AvgIpc) is 3.00. The molecular formula is C17H19Cl2N3O2. The molecule has 1 aliphatic heterocycles. The van der Waals surface area contributed by atoms with E-state index in [1.807, 2.05) is 24.8 Å². The molecular weight excluding hydrogens is 349 g/mol. The summed E-state index contributed by atoms with van der Waals surface area (Å²) >= 11 is 12.6. The van der Waals surface area contributed by atoms with Crippen molar-refractivity contribution < 1.29 is 4.74 Å². The van der Waals surface area contributed by atoms with E-state index in [1.54, 1.807) is 23.9 Å². The maximum atomic E-state index is 12.9. The van der Waals surface area contributed by atoms with Gasteiger partial charge in [0.2, 0.25) is 5.82 Å². The van der Waals surface area contributed by atoms with Crippen LogP contribution in [0.5, 0.6) is 5.75 Å². The van der Waals surface area contributed by atoms with E-state index >= 15 is 0 Å². The molecule has 0 saturated carbocycles. The molecule has 0 N–H and O–H groups in total. The zero-order chi connectivity index (χ0) is 17.4. The number of aromatic nitrogens is 2. The fraction of sp³-hybridized carbons (Fsp3) is 0.412. The van der Waals surface area contributed by atoms with Gasteiger partial charge in [0.05, 0.1) is 17.8 Å². The Morgan fingerprint density at radius 2 is 2.12 bits per heavy atom. The van der Waals surface area contributed by atoms with Gasteiger partial charge in [-0.25, -0.2) is 4.98 Å². The number of fused-ring (bicyclic) bond motifs is 1. The maximum absolute atomic E-state index is 12.9. The van der Waals surface area contributed by atoms with E-state index in [0.717, 1.165) is 24.1 Å². The molecule has 1 aromatic heterocycles. The summed E-state index contributed by atoms with van der Waals surface area (Å²) in [5.74, 6) is 1.02. The van der Waals surface area contributed by atoms with Crippen molar-refractivity contribution in [2.45, 2.75) is 32.7 Å². The summed E-state index contributed by atoms with van der Waals surface area (Å²) in [4.78, 5) is 19.0. The van der Waals surface area contributed by atoms with Gasteiger partial charge in [0.15, 0.2) is 0 Å². The van der Waals surface area contributed by atoms with Crippen LogP contribution >= 0.6 is 23.2 Å². The molecule has 1 aromatic carbocycles. The Morgan fingerprint density at radius 3 is 2.79 bits per heavy atom. The molecule has 2 heterocycles. The first kappa shape index (κ1) is 17.1. The van der Waals surface area contributed by atoms with Crippen LogP contribution in [0, 0.1) is 0 Å². The van der Waals surface area contributed by atoms with E-state index < -0.39 is 0 Å². The van der Waals surface area contributed by atoms with Crippen LogP contribution in [0.25, 0.3) is 0 Å². The van der Waals surface area contributed by atoms with Gasteiger partial charge in [-0.1, -0.05) is 30.1 Å². The number of anilines is 2. The van der Waals surface area contributed by atoms with Crippen LogP contribution in [-0.2, 0) is 6.42 Å². The number of hydrogen-bond acceptors (Lipinski definition) is 4. The van der Waals surface area contributed by atoms with Gasteiger partial charge in [-0.2, -0.15) is 0 Å². The molecule has 128 valence electrons. The van der Waals surface area contributed by atoms with Crippen LogP contribution < -0.4 is 15.2 Å². The van der Waals surface area contributed by atoms with Crippen molar-refractivity contribution in [1.82, 2.24) is 9.55 Å². The lowest BCUT2D eigenvalue weighted by molar-refractivity contribution is 0.414. The number of hydrogen-bond donors (Lipinski definition) is 0. The fourth-order valence-electron chi connectivity index (χ4n) is 2.96. The number of methoxy groups -OCH3 is 1. The molecule has 0 radical (unpaired) electrons. The zero-order valence-electron chi connectivity index (χ0n) is 13.8. The molecule has 0 spiro atoms. The van der Waals surface area contributed by atoms with Crippen molar-refractivity contribution in [2.75, 3.05) is 18.6 Å². The first-order valence-corrected chi connectivity index (χ1v) is 8.64. The first-order valence-electron chi connectivity index (χ1n) is 7.88. The number of ether oxygens (including phenoxy) is 1. The molecule has 7 heteroatoms. The van der Waals surface area contributed by atoms with Crippen LogP contribution in [0.15, 0.2) is 23.1 Å². The van der Waals surface area contributed by atoms with Gasteiger partial charge in [-0.15, -0.1) is 0 Å². The molecule has 24 heavy (non-hydrogen) atoms. The largest absolute Gasteiger partial charge is 0.497 e. The topological polar surface area (TPSA) is 47.4 Å². The summed E-state index contributed by atoms with van der Waals surface area (Å²) in [6.45, 7) is 4.64. The van der Waals surface area contributed by atoms with Gasteiger partial charge in [-0.05, 0) is 31.4 Å². The standard InChI is InChI=1S/C17H19Cl2N3O2/c1-4-10(2)22-9-14(19)20-16(17(22)23)21-6-5-11-7-12(24-3)8-13(18)15(11)21/h7-10H,4-6H2,1-3H3. The lowest BCUT2D eigenvalue weighted by Gasteiger charge is -2.22. The van der Waals surface area contributed by atoms with E-state index in [0.29, 0.717) is 28.3 Å². The quantitative estimate of drug-likeness (QED) is 0.811. The highest BCUT2D eigenvalue weighted by Crippen LogP contribution is 2.41. The third-order valence-electron chi connectivity index (χ3n) is 4.43. The van der Waals surface area contributed by atoms with E-state index in [9.17, 15) is 4.79 Å². The minimum absolute atomic E-state index is 0.0464. The first-order chi connectivity index (χ1) is 11.5. The van der Waals surface area contributed by atoms with Crippen LogP contribution in [0.1, 0.15) is 31.9 Å². The molecule has 0 saturated heterocycles. The minimum Gasteiger partial charge on any atom is -0.497 e. The van der Waals surface area contributed by atoms with E-state index in [2.05, 4.69) is 4.98 Å². The average molecular weight is 368 g/mol. The van der Waals surface area contributed by atoms with Gasteiger partial charge < -0.3 is 14.2 Å². The van der Waals surface area contributed by atoms with Crippen molar-refractivity contribution in [3.05, 3.63) is 44.4 Å². The molecule has 2 aromatic rings. The van der Waals surface area contributed by atoms with E-state index in [1.165, 1.54) is 0 Å².